The maximum atomic E-state index is 5.70. The summed E-state index contributed by atoms with van der Waals surface area (Å²) >= 11 is 1.51. The van der Waals surface area contributed by atoms with Gasteiger partial charge in [0.25, 0.3) is 0 Å². The Morgan fingerprint density at radius 2 is 2.08 bits per heavy atom. The Kier molecular flexibility index (Phi) is 4.30. The zero-order valence-electron chi connectivity index (χ0n) is 13.7. The van der Waals surface area contributed by atoms with Crippen LogP contribution in [0, 0.1) is 6.92 Å². The number of benzene rings is 1. The molecule has 0 atom stereocenters. The van der Waals surface area contributed by atoms with Crippen LogP contribution in [0.3, 0.4) is 0 Å². The van der Waals surface area contributed by atoms with Crippen molar-refractivity contribution in [3.8, 4) is 17.0 Å². The third-order valence-electron chi connectivity index (χ3n) is 3.67. The molecule has 1 N–H and O–H groups in total. The van der Waals surface area contributed by atoms with Crippen molar-refractivity contribution < 1.29 is 4.74 Å². The van der Waals surface area contributed by atoms with Gasteiger partial charge < -0.3 is 10.1 Å². The summed E-state index contributed by atoms with van der Waals surface area (Å²) in [6, 6.07) is 11.9. The van der Waals surface area contributed by atoms with E-state index in [1.165, 1.54) is 16.9 Å². The zero-order valence-corrected chi connectivity index (χ0v) is 14.5. The van der Waals surface area contributed by atoms with Crippen molar-refractivity contribution in [2.24, 2.45) is 0 Å². The molecule has 3 heterocycles. The first-order valence-electron chi connectivity index (χ1n) is 7.98. The summed E-state index contributed by atoms with van der Waals surface area (Å²) in [4.78, 5) is 9.56. The Hall–Kier alpha value is -2.93. The van der Waals surface area contributed by atoms with Crippen molar-refractivity contribution in [3.05, 3.63) is 60.6 Å². The normalized spacial score (nSPS) is 10.9. The lowest BCUT2D eigenvalue weighted by molar-refractivity contribution is 0.333. The highest BCUT2D eigenvalue weighted by atomic mass is 32.1. The Balaban J connectivity index is 1.34. The molecule has 0 bridgehead atoms. The van der Waals surface area contributed by atoms with Crippen LogP contribution in [0.4, 0.5) is 5.13 Å². The lowest BCUT2D eigenvalue weighted by Crippen LogP contribution is -2.11. The molecule has 0 unspecified atom stereocenters. The van der Waals surface area contributed by atoms with Crippen LogP contribution in [0.1, 0.15) is 5.56 Å². The first-order chi connectivity index (χ1) is 12.3. The summed E-state index contributed by atoms with van der Waals surface area (Å²) in [6.45, 7) is 3.32. The monoisotopic (exact) mass is 351 g/mol. The van der Waals surface area contributed by atoms with E-state index in [9.17, 15) is 0 Å². The van der Waals surface area contributed by atoms with Gasteiger partial charge in [0.2, 0.25) is 10.1 Å². The van der Waals surface area contributed by atoms with Crippen molar-refractivity contribution in [2.45, 2.75) is 6.92 Å². The molecule has 0 aliphatic heterocycles. The van der Waals surface area contributed by atoms with Crippen molar-refractivity contribution in [1.82, 2.24) is 19.6 Å². The second kappa shape index (κ2) is 6.90. The van der Waals surface area contributed by atoms with Gasteiger partial charge in [0, 0.05) is 18.0 Å². The number of fused-ring (bicyclic) bond motifs is 1. The molecule has 6 nitrogen and oxygen atoms in total. The van der Waals surface area contributed by atoms with E-state index in [4.69, 9.17) is 4.74 Å². The molecule has 3 aromatic heterocycles. The number of ether oxygens (including phenoxy) is 1. The van der Waals surface area contributed by atoms with Crippen LogP contribution in [0.2, 0.25) is 0 Å². The van der Waals surface area contributed by atoms with Crippen molar-refractivity contribution in [1.29, 1.82) is 0 Å². The van der Waals surface area contributed by atoms with Crippen molar-refractivity contribution >= 4 is 21.4 Å². The molecule has 0 amide bonds. The minimum absolute atomic E-state index is 0.575. The lowest BCUT2D eigenvalue weighted by Gasteiger charge is -2.06. The van der Waals surface area contributed by atoms with Crippen LogP contribution in [-0.2, 0) is 0 Å². The first-order valence-corrected chi connectivity index (χ1v) is 8.79. The molecule has 4 aromatic rings. The van der Waals surface area contributed by atoms with Gasteiger partial charge >= 0.3 is 0 Å². The van der Waals surface area contributed by atoms with Gasteiger partial charge in [-0.1, -0.05) is 29.0 Å². The fraction of sp³-hybridized carbons (Fsp3) is 0.167. The predicted molar refractivity (Wildman–Crippen MR) is 99.3 cm³/mol. The molecule has 7 heteroatoms. The van der Waals surface area contributed by atoms with Crippen molar-refractivity contribution in [3.63, 3.8) is 0 Å². The van der Waals surface area contributed by atoms with E-state index >= 15 is 0 Å². The fourth-order valence-electron chi connectivity index (χ4n) is 2.39. The van der Waals surface area contributed by atoms with Crippen LogP contribution >= 0.6 is 11.3 Å². The van der Waals surface area contributed by atoms with Crippen LogP contribution < -0.4 is 10.1 Å². The van der Waals surface area contributed by atoms with Gasteiger partial charge in [-0.25, -0.2) is 9.50 Å². The van der Waals surface area contributed by atoms with Gasteiger partial charge in [-0.3, -0.25) is 4.98 Å². The number of imidazole rings is 1. The maximum Gasteiger partial charge on any atom is 0.214 e. The summed E-state index contributed by atoms with van der Waals surface area (Å²) in [5, 5.41) is 8.60. The molecule has 0 saturated heterocycles. The molecule has 1 aromatic carbocycles. The molecule has 0 spiro atoms. The van der Waals surface area contributed by atoms with E-state index in [0.29, 0.717) is 13.2 Å². The Bertz CT molecular complexity index is 931. The van der Waals surface area contributed by atoms with Gasteiger partial charge in [0.1, 0.15) is 12.4 Å². The predicted octanol–water partition coefficient (Wildman–Crippen LogP) is 3.65. The van der Waals surface area contributed by atoms with Crippen LogP contribution in [-0.4, -0.2) is 32.7 Å². The molecule has 0 saturated carbocycles. The van der Waals surface area contributed by atoms with Gasteiger partial charge in [-0.05, 0) is 31.2 Å². The molecule has 0 aliphatic rings. The molecule has 4 rings (SSSR count). The van der Waals surface area contributed by atoms with Crippen molar-refractivity contribution in [2.75, 3.05) is 18.5 Å². The number of aromatic nitrogens is 4. The van der Waals surface area contributed by atoms with Gasteiger partial charge in [0.15, 0.2) is 0 Å². The van der Waals surface area contributed by atoms with E-state index in [1.54, 1.807) is 16.9 Å². The van der Waals surface area contributed by atoms with E-state index in [1.807, 2.05) is 42.6 Å². The summed E-state index contributed by atoms with van der Waals surface area (Å²) in [6.07, 6.45) is 5.46. The van der Waals surface area contributed by atoms with Crippen LogP contribution in [0.15, 0.2) is 55.0 Å². The number of pyridine rings is 1. The second-order valence-electron chi connectivity index (χ2n) is 5.59. The average Bonchev–Trinajstić information content (AvgIpc) is 3.20. The van der Waals surface area contributed by atoms with E-state index in [0.717, 1.165) is 27.1 Å². The molecule has 126 valence electrons. The number of anilines is 1. The Labute approximate surface area is 149 Å². The highest BCUT2D eigenvalue weighted by molar-refractivity contribution is 7.20. The minimum atomic E-state index is 0.575. The average molecular weight is 351 g/mol. The molecule has 0 fully saturated rings. The molecular formula is C18H17N5OS. The summed E-state index contributed by atoms with van der Waals surface area (Å²) in [7, 11) is 0. The molecular weight excluding hydrogens is 334 g/mol. The number of nitrogens with one attached hydrogen (secondary N) is 1. The number of hydrogen-bond acceptors (Lipinski definition) is 6. The Morgan fingerprint density at radius 3 is 2.84 bits per heavy atom. The third kappa shape index (κ3) is 3.61. The molecule has 25 heavy (non-hydrogen) atoms. The molecule has 0 radical (unpaired) electrons. The fourth-order valence-corrected chi connectivity index (χ4v) is 3.19. The van der Waals surface area contributed by atoms with E-state index in [2.05, 4.69) is 27.3 Å². The lowest BCUT2D eigenvalue weighted by atomic mass is 10.2. The van der Waals surface area contributed by atoms with Gasteiger partial charge in [0.05, 0.1) is 18.4 Å². The largest absolute Gasteiger partial charge is 0.492 e. The first kappa shape index (κ1) is 15.6. The summed E-state index contributed by atoms with van der Waals surface area (Å²) in [5.41, 5.74) is 3.09. The molecule has 0 aliphatic carbocycles. The SMILES string of the molecule is Cc1ccc(OCCNc2nn3cc(-c4cccnc4)nc3s2)cc1. The standard InChI is InChI=1S/C18H17N5OS/c1-13-4-6-15(7-5-13)24-10-9-20-17-22-23-12-16(21-18(23)25-17)14-3-2-8-19-11-14/h2-8,11-12H,9-10H2,1H3,(H,20,22). The van der Waals surface area contributed by atoms with E-state index in [-0.39, 0.29) is 0 Å². The number of aryl methyl sites for hydroxylation is 1. The summed E-state index contributed by atoms with van der Waals surface area (Å²) in [5.74, 6) is 0.877. The summed E-state index contributed by atoms with van der Waals surface area (Å²) < 4.78 is 7.49. The van der Waals surface area contributed by atoms with Crippen LogP contribution in [0.25, 0.3) is 16.2 Å². The van der Waals surface area contributed by atoms with Gasteiger partial charge in [-0.15, -0.1) is 5.10 Å². The smallest absolute Gasteiger partial charge is 0.214 e. The highest BCUT2D eigenvalue weighted by Gasteiger charge is 2.09. The quantitative estimate of drug-likeness (QED) is 0.537. The Morgan fingerprint density at radius 1 is 1.20 bits per heavy atom. The number of rotatable bonds is 6. The van der Waals surface area contributed by atoms with Crippen LogP contribution in [0.5, 0.6) is 5.75 Å². The third-order valence-corrected chi connectivity index (χ3v) is 4.55. The maximum absolute atomic E-state index is 5.70. The van der Waals surface area contributed by atoms with Gasteiger partial charge in [-0.2, -0.15) is 0 Å². The number of nitrogens with zero attached hydrogens (tertiary/aromatic N) is 4. The zero-order chi connectivity index (χ0) is 17.1. The topological polar surface area (TPSA) is 64.3 Å². The second-order valence-corrected chi connectivity index (χ2v) is 6.55. The highest BCUT2D eigenvalue weighted by Crippen LogP contribution is 2.23. The van der Waals surface area contributed by atoms with E-state index < -0.39 is 0 Å². The minimum Gasteiger partial charge on any atom is -0.492 e. The number of hydrogen-bond donors (Lipinski definition) is 1.